The lowest BCUT2D eigenvalue weighted by Crippen LogP contribution is -2.42. The van der Waals surface area contributed by atoms with E-state index in [1.165, 1.54) is 7.05 Å². The highest BCUT2D eigenvalue weighted by molar-refractivity contribution is 5.64. The molecule has 1 N–H and O–H groups in total. The van der Waals surface area contributed by atoms with Crippen LogP contribution in [0.4, 0.5) is 13.6 Å². The summed E-state index contributed by atoms with van der Waals surface area (Å²) in [7, 11) is 1.39. The molecule has 1 amide bonds. The average molecular weight is 179 g/mol. The minimum atomic E-state index is -2.55. The molecule has 0 aliphatic heterocycles. The van der Waals surface area contributed by atoms with Crippen molar-refractivity contribution >= 4 is 6.09 Å². The van der Waals surface area contributed by atoms with Gasteiger partial charge in [-0.25, -0.2) is 13.6 Å². The maximum absolute atomic E-state index is 12.3. The van der Waals surface area contributed by atoms with E-state index in [0.29, 0.717) is 0 Å². The van der Waals surface area contributed by atoms with Crippen molar-refractivity contribution in [3.63, 3.8) is 0 Å². The number of hydrogen-bond acceptors (Lipinski definition) is 1. The Labute approximate surface area is 69.0 Å². The number of rotatable bonds is 2. The standard InChI is InChI=1S/C7H11F2NO2/c1-10(6(11)12)4-5-2-7(8,9)3-5/h5H,2-4H2,1H3,(H,11,12). The Hall–Kier alpha value is -0.870. The lowest BCUT2D eigenvalue weighted by atomic mass is 9.81. The number of carbonyl (C=O) groups is 1. The van der Waals surface area contributed by atoms with Gasteiger partial charge in [-0.05, 0) is 5.92 Å². The third-order valence-corrected chi connectivity index (χ3v) is 2.03. The molecular formula is C7H11F2NO2. The highest BCUT2D eigenvalue weighted by Gasteiger charge is 2.45. The fraction of sp³-hybridized carbons (Fsp3) is 0.857. The van der Waals surface area contributed by atoms with E-state index >= 15 is 0 Å². The van der Waals surface area contributed by atoms with E-state index in [-0.39, 0.29) is 25.3 Å². The Morgan fingerprint density at radius 2 is 2.17 bits per heavy atom. The summed E-state index contributed by atoms with van der Waals surface area (Å²) in [4.78, 5) is 11.3. The zero-order valence-electron chi connectivity index (χ0n) is 6.76. The van der Waals surface area contributed by atoms with Gasteiger partial charge in [-0.15, -0.1) is 0 Å². The normalized spacial score (nSPS) is 21.6. The molecular weight excluding hydrogens is 168 g/mol. The van der Waals surface area contributed by atoms with Crippen LogP contribution in [0.15, 0.2) is 0 Å². The molecule has 0 saturated heterocycles. The fourth-order valence-electron chi connectivity index (χ4n) is 1.38. The van der Waals surface area contributed by atoms with Crippen molar-refractivity contribution in [2.24, 2.45) is 5.92 Å². The van der Waals surface area contributed by atoms with E-state index in [0.717, 1.165) is 4.90 Å². The Kier molecular flexibility index (Phi) is 2.21. The second-order valence-corrected chi connectivity index (χ2v) is 3.29. The van der Waals surface area contributed by atoms with E-state index < -0.39 is 12.0 Å². The molecule has 0 atom stereocenters. The van der Waals surface area contributed by atoms with Gasteiger partial charge < -0.3 is 10.0 Å². The predicted octanol–water partition coefficient (Wildman–Crippen LogP) is 1.64. The van der Waals surface area contributed by atoms with Crippen LogP contribution in [-0.4, -0.2) is 35.6 Å². The number of halogens is 2. The summed E-state index contributed by atoms with van der Waals surface area (Å²) in [5.74, 6) is -2.72. The van der Waals surface area contributed by atoms with Crippen molar-refractivity contribution in [2.45, 2.75) is 18.8 Å². The number of alkyl halides is 2. The first-order valence-corrected chi connectivity index (χ1v) is 3.72. The zero-order chi connectivity index (χ0) is 9.35. The summed E-state index contributed by atoms with van der Waals surface area (Å²) in [5.41, 5.74) is 0. The second kappa shape index (κ2) is 2.88. The van der Waals surface area contributed by atoms with Crippen molar-refractivity contribution in [1.29, 1.82) is 0 Å². The van der Waals surface area contributed by atoms with Gasteiger partial charge in [-0.1, -0.05) is 0 Å². The van der Waals surface area contributed by atoms with Gasteiger partial charge in [-0.2, -0.15) is 0 Å². The van der Waals surface area contributed by atoms with E-state index in [4.69, 9.17) is 5.11 Å². The molecule has 0 radical (unpaired) electrons. The van der Waals surface area contributed by atoms with Crippen molar-refractivity contribution in [3.05, 3.63) is 0 Å². The Bertz CT molecular complexity index is 188. The molecule has 1 saturated carbocycles. The van der Waals surface area contributed by atoms with E-state index in [2.05, 4.69) is 0 Å². The highest BCUT2D eigenvalue weighted by atomic mass is 19.3. The zero-order valence-corrected chi connectivity index (χ0v) is 6.76. The van der Waals surface area contributed by atoms with Gasteiger partial charge in [-0.3, -0.25) is 0 Å². The van der Waals surface area contributed by atoms with Crippen LogP contribution in [-0.2, 0) is 0 Å². The van der Waals surface area contributed by atoms with Crippen LogP contribution in [0.1, 0.15) is 12.8 Å². The first kappa shape index (κ1) is 9.22. The number of hydrogen-bond donors (Lipinski definition) is 1. The molecule has 12 heavy (non-hydrogen) atoms. The summed E-state index contributed by atoms with van der Waals surface area (Å²) in [5, 5.41) is 8.42. The molecule has 0 aromatic heterocycles. The first-order chi connectivity index (χ1) is 5.41. The third kappa shape index (κ3) is 2.06. The van der Waals surface area contributed by atoms with Crippen molar-refractivity contribution in [2.75, 3.05) is 13.6 Å². The number of carboxylic acid groups (broad SMARTS) is 1. The molecule has 3 nitrogen and oxygen atoms in total. The van der Waals surface area contributed by atoms with Crippen LogP contribution in [0.3, 0.4) is 0 Å². The van der Waals surface area contributed by atoms with Gasteiger partial charge in [0.15, 0.2) is 0 Å². The van der Waals surface area contributed by atoms with Gasteiger partial charge in [0.1, 0.15) is 0 Å². The molecule has 0 heterocycles. The largest absolute Gasteiger partial charge is 0.465 e. The third-order valence-electron chi connectivity index (χ3n) is 2.03. The lowest BCUT2D eigenvalue weighted by molar-refractivity contribution is -0.114. The molecule has 0 spiro atoms. The Morgan fingerprint density at radius 1 is 1.67 bits per heavy atom. The quantitative estimate of drug-likeness (QED) is 0.700. The van der Waals surface area contributed by atoms with Crippen LogP contribution >= 0.6 is 0 Å². The maximum atomic E-state index is 12.3. The number of nitrogens with zero attached hydrogens (tertiary/aromatic N) is 1. The van der Waals surface area contributed by atoms with E-state index in [1.807, 2.05) is 0 Å². The van der Waals surface area contributed by atoms with Gasteiger partial charge in [0.2, 0.25) is 5.92 Å². The van der Waals surface area contributed by atoms with Gasteiger partial charge in [0.05, 0.1) is 0 Å². The molecule has 1 aliphatic carbocycles. The number of amides is 1. The summed E-state index contributed by atoms with van der Waals surface area (Å²) >= 11 is 0. The van der Waals surface area contributed by atoms with Crippen molar-refractivity contribution in [3.8, 4) is 0 Å². The smallest absolute Gasteiger partial charge is 0.407 e. The summed E-state index contributed by atoms with van der Waals surface area (Å²) in [6.45, 7) is 0.213. The minimum Gasteiger partial charge on any atom is -0.465 e. The molecule has 70 valence electrons. The van der Waals surface area contributed by atoms with Gasteiger partial charge in [0, 0.05) is 26.4 Å². The van der Waals surface area contributed by atoms with Crippen molar-refractivity contribution in [1.82, 2.24) is 4.90 Å². The average Bonchev–Trinajstić information content (AvgIpc) is 1.83. The Morgan fingerprint density at radius 3 is 2.50 bits per heavy atom. The molecule has 1 rings (SSSR count). The predicted molar refractivity (Wildman–Crippen MR) is 38.3 cm³/mol. The molecule has 0 aromatic rings. The van der Waals surface area contributed by atoms with Gasteiger partial charge in [0.25, 0.3) is 0 Å². The highest BCUT2D eigenvalue weighted by Crippen LogP contribution is 2.42. The van der Waals surface area contributed by atoms with Crippen LogP contribution in [0, 0.1) is 5.92 Å². The van der Waals surface area contributed by atoms with Crippen LogP contribution in [0.25, 0.3) is 0 Å². The molecule has 0 bridgehead atoms. The fourth-order valence-corrected chi connectivity index (χ4v) is 1.38. The van der Waals surface area contributed by atoms with E-state index in [1.54, 1.807) is 0 Å². The summed E-state index contributed by atoms with van der Waals surface area (Å²) in [6.07, 6.45) is -1.42. The monoisotopic (exact) mass is 179 g/mol. The molecule has 1 aliphatic rings. The molecule has 1 fully saturated rings. The summed E-state index contributed by atoms with van der Waals surface area (Å²) < 4.78 is 24.5. The molecule has 0 unspecified atom stereocenters. The van der Waals surface area contributed by atoms with Crippen LogP contribution in [0.2, 0.25) is 0 Å². The summed E-state index contributed by atoms with van der Waals surface area (Å²) in [6, 6.07) is 0. The molecule has 5 heteroatoms. The van der Waals surface area contributed by atoms with Crippen LogP contribution in [0.5, 0.6) is 0 Å². The Balaban J connectivity index is 2.23. The van der Waals surface area contributed by atoms with Crippen molar-refractivity contribution < 1.29 is 18.7 Å². The maximum Gasteiger partial charge on any atom is 0.407 e. The van der Waals surface area contributed by atoms with E-state index in [9.17, 15) is 13.6 Å². The molecule has 0 aromatic carbocycles. The van der Waals surface area contributed by atoms with Gasteiger partial charge >= 0.3 is 6.09 Å². The topological polar surface area (TPSA) is 40.5 Å². The first-order valence-electron chi connectivity index (χ1n) is 3.72. The lowest BCUT2D eigenvalue weighted by Gasteiger charge is -2.36. The second-order valence-electron chi connectivity index (χ2n) is 3.29. The SMILES string of the molecule is CN(CC1CC(F)(F)C1)C(=O)O. The van der Waals surface area contributed by atoms with Crippen LogP contribution < -0.4 is 0 Å². The minimum absolute atomic E-state index is 0.166.